The van der Waals surface area contributed by atoms with E-state index >= 15 is 0 Å². The average Bonchev–Trinajstić information content (AvgIpc) is 2.66. The van der Waals surface area contributed by atoms with Gasteiger partial charge in [-0.3, -0.25) is 14.5 Å². The largest absolute Gasteiger partial charge is 0.379 e. The van der Waals surface area contributed by atoms with Gasteiger partial charge >= 0.3 is 0 Å². The predicted molar refractivity (Wildman–Crippen MR) is 94.9 cm³/mol. The molecule has 6 heteroatoms. The number of hydrogen-bond donors (Lipinski definition) is 1. The lowest BCUT2D eigenvalue weighted by Crippen LogP contribution is -2.46. The Kier molecular flexibility index (Phi) is 6.04. The van der Waals surface area contributed by atoms with Crippen LogP contribution in [-0.2, 0) is 14.3 Å². The van der Waals surface area contributed by atoms with Crippen LogP contribution in [0.2, 0.25) is 0 Å². The third kappa shape index (κ3) is 4.58. The van der Waals surface area contributed by atoms with Crippen LogP contribution in [0.15, 0.2) is 30.3 Å². The molecule has 1 N–H and O–H groups in total. The summed E-state index contributed by atoms with van der Waals surface area (Å²) >= 11 is 0. The molecule has 25 heavy (non-hydrogen) atoms. The number of likely N-dealkylation sites (tertiary alicyclic amines) is 1. The van der Waals surface area contributed by atoms with E-state index in [1.807, 2.05) is 18.2 Å². The molecule has 0 spiro atoms. The minimum atomic E-state index is -0.204. The van der Waals surface area contributed by atoms with E-state index in [0.717, 1.165) is 32.7 Å². The highest BCUT2D eigenvalue weighted by Crippen LogP contribution is 2.22. The topological polar surface area (TPSA) is 61.9 Å². The van der Waals surface area contributed by atoms with Gasteiger partial charge in [-0.25, -0.2) is 0 Å². The Morgan fingerprint density at radius 1 is 1.24 bits per heavy atom. The molecule has 0 aliphatic carbocycles. The number of carbonyl (C=O) groups is 2. The van der Waals surface area contributed by atoms with Gasteiger partial charge in [-0.05, 0) is 12.0 Å². The maximum absolute atomic E-state index is 12.5. The highest BCUT2D eigenvalue weighted by Gasteiger charge is 2.30. The maximum Gasteiger partial charge on any atom is 0.223 e. The molecule has 0 bridgehead atoms. The van der Waals surface area contributed by atoms with Crippen molar-refractivity contribution in [2.75, 3.05) is 46.4 Å². The minimum Gasteiger partial charge on any atom is -0.379 e. The molecule has 2 fully saturated rings. The lowest BCUT2D eigenvalue weighted by molar-refractivity contribution is -0.139. The second-order valence-electron chi connectivity index (χ2n) is 6.82. The summed E-state index contributed by atoms with van der Waals surface area (Å²) in [7, 11) is 1.79. The van der Waals surface area contributed by atoms with Crippen LogP contribution in [0.4, 0.5) is 0 Å². The molecule has 0 saturated carbocycles. The number of piperidine rings is 1. The van der Waals surface area contributed by atoms with E-state index in [-0.39, 0.29) is 23.8 Å². The first-order chi connectivity index (χ1) is 12.1. The SMILES string of the molecule is CN1CC[C@H](C(=O)NC[C@H](c2ccccc2)N2CCOCC2)CC1=O. The number of amides is 2. The van der Waals surface area contributed by atoms with Crippen LogP contribution in [-0.4, -0.2) is 68.1 Å². The van der Waals surface area contributed by atoms with Gasteiger partial charge in [0.2, 0.25) is 11.8 Å². The average molecular weight is 345 g/mol. The molecule has 0 unspecified atom stereocenters. The molecular formula is C19H27N3O3. The Morgan fingerprint density at radius 2 is 1.96 bits per heavy atom. The maximum atomic E-state index is 12.5. The van der Waals surface area contributed by atoms with Crippen molar-refractivity contribution in [3.8, 4) is 0 Å². The Bertz CT molecular complexity index is 587. The number of hydrogen-bond acceptors (Lipinski definition) is 4. The molecule has 6 nitrogen and oxygen atoms in total. The molecule has 1 aromatic carbocycles. The number of carbonyl (C=O) groups excluding carboxylic acids is 2. The summed E-state index contributed by atoms with van der Waals surface area (Å²) < 4.78 is 5.46. The standard InChI is InChI=1S/C19H27N3O3/c1-21-8-7-16(13-18(21)23)19(24)20-14-17(15-5-3-2-4-6-15)22-9-11-25-12-10-22/h2-6,16-17H,7-14H2,1H3,(H,20,24)/t16-,17+/m0/s1. The Balaban J connectivity index is 1.62. The predicted octanol–water partition coefficient (Wildman–Crippen LogP) is 1.04. The van der Waals surface area contributed by atoms with Gasteiger partial charge < -0.3 is 15.0 Å². The fourth-order valence-electron chi connectivity index (χ4n) is 3.53. The zero-order valence-electron chi connectivity index (χ0n) is 14.8. The number of benzene rings is 1. The van der Waals surface area contributed by atoms with Crippen LogP contribution in [0, 0.1) is 5.92 Å². The molecule has 2 atom stereocenters. The summed E-state index contributed by atoms with van der Waals surface area (Å²) in [4.78, 5) is 28.4. The summed E-state index contributed by atoms with van der Waals surface area (Å²) in [6.07, 6.45) is 1.05. The summed E-state index contributed by atoms with van der Waals surface area (Å²) in [6, 6.07) is 10.4. The van der Waals surface area contributed by atoms with E-state index in [0.29, 0.717) is 19.5 Å². The van der Waals surface area contributed by atoms with Gasteiger partial charge in [-0.2, -0.15) is 0 Å². The van der Waals surface area contributed by atoms with Crippen molar-refractivity contribution in [2.45, 2.75) is 18.9 Å². The second kappa shape index (κ2) is 8.45. The number of morpholine rings is 1. The smallest absolute Gasteiger partial charge is 0.223 e. The van der Waals surface area contributed by atoms with Crippen molar-refractivity contribution in [3.63, 3.8) is 0 Å². The fraction of sp³-hybridized carbons (Fsp3) is 0.579. The van der Waals surface area contributed by atoms with Gasteiger partial charge in [0.05, 0.1) is 19.3 Å². The van der Waals surface area contributed by atoms with Crippen molar-refractivity contribution in [1.82, 2.24) is 15.1 Å². The van der Waals surface area contributed by atoms with Gasteiger partial charge in [0.1, 0.15) is 0 Å². The monoisotopic (exact) mass is 345 g/mol. The Morgan fingerprint density at radius 3 is 2.64 bits per heavy atom. The summed E-state index contributed by atoms with van der Waals surface area (Å²) in [6.45, 7) is 4.39. The molecule has 1 aromatic rings. The van der Waals surface area contributed by atoms with Crippen LogP contribution >= 0.6 is 0 Å². The van der Waals surface area contributed by atoms with Crippen LogP contribution in [0.1, 0.15) is 24.4 Å². The van der Waals surface area contributed by atoms with Crippen LogP contribution < -0.4 is 5.32 Å². The van der Waals surface area contributed by atoms with E-state index in [2.05, 4.69) is 22.3 Å². The van der Waals surface area contributed by atoms with Gasteiger partial charge in [0.25, 0.3) is 0 Å². The number of nitrogens with zero attached hydrogens (tertiary/aromatic N) is 2. The third-order valence-corrected chi connectivity index (χ3v) is 5.17. The molecular weight excluding hydrogens is 318 g/mol. The summed E-state index contributed by atoms with van der Waals surface area (Å²) in [5.74, 6) is -0.153. The summed E-state index contributed by atoms with van der Waals surface area (Å²) in [5, 5.41) is 3.09. The molecule has 2 amide bonds. The van der Waals surface area contributed by atoms with Gasteiger partial charge in [0, 0.05) is 45.6 Å². The second-order valence-corrected chi connectivity index (χ2v) is 6.82. The van der Waals surface area contributed by atoms with Crippen LogP contribution in [0.3, 0.4) is 0 Å². The zero-order chi connectivity index (χ0) is 17.6. The van der Waals surface area contributed by atoms with Crippen molar-refractivity contribution in [1.29, 1.82) is 0 Å². The molecule has 0 radical (unpaired) electrons. The van der Waals surface area contributed by atoms with E-state index in [4.69, 9.17) is 4.74 Å². The zero-order valence-corrected chi connectivity index (χ0v) is 14.8. The first-order valence-corrected chi connectivity index (χ1v) is 9.03. The van der Waals surface area contributed by atoms with E-state index in [9.17, 15) is 9.59 Å². The highest BCUT2D eigenvalue weighted by molar-refractivity contribution is 5.86. The number of nitrogens with one attached hydrogen (secondary N) is 1. The first-order valence-electron chi connectivity index (χ1n) is 9.03. The fourth-order valence-corrected chi connectivity index (χ4v) is 3.53. The molecule has 2 aliphatic heterocycles. The third-order valence-electron chi connectivity index (χ3n) is 5.17. The van der Waals surface area contributed by atoms with Crippen molar-refractivity contribution in [3.05, 3.63) is 35.9 Å². The van der Waals surface area contributed by atoms with Gasteiger partial charge in [-0.15, -0.1) is 0 Å². The lowest BCUT2D eigenvalue weighted by Gasteiger charge is -2.35. The van der Waals surface area contributed by atoms with Gasteiger partial charge in [0.15, 0.2) is 0 Å². The number of ether oxygens (including phenoxy) is 1. The normalized spacial score (nSPS) is 23.3. The molecule has 3 rings (SSSR count). The molecule has 2 saturated heterocycles. The summed E-state index contributed by atoms with van der Waals surface area (Å²) in [5.41, 5.74) is 1.20. The Labute approximate surface area is 149 Å². The molecule has 136 valence electrons. The van der Waals surface area contributed by atoms with Crippen molar-refractivity contribution >= 4 is 11.8 Å². The van der Waals surface area contributed by atoms with Crippen LogP contribution in [0.25, 0.3) is 0 Å². The van der Waals surface area contributed by atoms with E-state index in [1.54, 1.807) is 11.9 Å². The quantitative estimate of drug-likeness (QED) is 0.866. The van der Waals surface area contributed by atoms with Crippen molar-refractivity contribution < 1.29 is 14.3 Å². The number of rotatable bonds is 5. The van der Waals surface area contributed by atoms with E-state index in [1.165, 1.54) is 5.56 Å². The molecule has 2 aliphatic rings. The molecule has 2 heterocycles. The van der Waals surface area contributed by atoms with Gasteiger partial charge in [-0.1, -0.05) is 30.3 Å². The highest BCUT2D eigenvalue weighted by atomic mass is 16.5. The van der Waals surface area contributed by atoms with Crippen molar-refractivity contribution in [2.24, 2.45) is 5.92 Å². The lowest BCUT2D eigenvalue weighted by atomic mass is 9.95. The first kappa shape index (κ1) is 17.9. The molecule has 0 aromatic heterocycles. The van der Waals surface area contributed by atoms with Crippen LogP contribution in [0.5, 0.6) is 0 Å². The Hall–Kier alpha value is -1.92. The van der Waals surface area contributed by atoms with E-state index < -0.39 is 0 Å². The minimum absolute atomic E-state index is 0.00404.